The summed E-state index contributed by atoms with van der Waals surface area (Å²) < 4.78 is 6.17. The van der Waals surface area contributed by atoms with Gasteiger partial charge in [0.05, 0.1) is 16.5 Å². The summed E-state index contributed by atoms with van der Waals surface area (Å²) in [6, 6.07) is 7.70. The molecule has 3 aliphatic rings. The van der Waals surface area contributed by atoms with Crippen molar-refractivity contribution >= 4 is 51.5 Å². The summed E-state index contributed by atoms with van der Waals surface area (Å²) in [7, 11) is 1.63. The third-order valence-corrected chi connectivity index (χ3v) is 9.08. The molecule has 5 rings (SSSR count). The molecule has 3 heterocycles. The summed E-state index contributed by atoms with van der Waals surface area (Å²) in [6.07, 6.45) is 9.68. The lowest BCUT2D eigenvalue weighted by Gasteiger charge is -2.44. The predicted octanol–water partition coefficient (Wildman–Crippen LogP) is 3.82. The molecule has 2 atom stereocenters. The molecule has 3 fully saturated rings. The van der Waals surface area contributed by atoms with Crippen LogP contribution in [0.2, 0.25) is 0 Å². The Morgan fingerprint density at radius 1 is 1.17 bits per heavy atom. The van der Waals surface area contributed by atoms with Gasteiger partial charge >= 0.3 is 0 Å². The van der Waals surface area contributed by atoms with Gasteiger partial charge in [0.25, 0.3) is 5.91 Å². The van der Waals surface area contributed by atoms with E-state index in [4.69, 9.17) is 4.74 Å². The van der Waals surface area contributed by atoms with Crippen LogP contribution >= 0.6 is 27.7 Å². The Hall–Kier alpha value is -2.59. The van der Waals surface area contributed by atoms with Gasteiger partial charge in [0.15, 0.2) is 0 Å². The van der Waals surface area contributed by atoms with Crippen molar-refractivity contribution in [2.75, 3.05) is 44.7 Å². The van der Waals surface area contributed by atoms with E-state index >= 15 is 0 Å². The van der Waals surface area contributed by atoms with E-state index in [1.807, 2.05) is 34.1 Å². The van der Waals surface area contributed by atoms with E-state index in [-0.39, 0.29) is 24.4 Å². The van der Waals surface area contributed by atoms with Crippen molar-refractivity contribution in [1.82, 2.24) is 19.8 Å². The fourth-order valence-electron chi connectivity index (χ4n) is 5.14. The number of nitrogens with zero attached hydrogens (tertiary/aromatic N) is 5. The number of hydrogen-bond donors (Lipinski definition) is 0. The second kappa shape index (κ2) is 11.2. The minimum absolute atomic E-state index is 0.0137. The largest absolute Gasteiger partial charge is 0.496 e. The van der Waals surface area contributed by atoms with Gasteiger partial charge < -0.3 is 19.4 Å². The summed E-state index contributed by atoms with van der Waals surface area (Å²) in [6.45, 7) is 2.70. The van der Waals surface area contributed by atoms with E-state index in [1.54, 1.807) is 37.3 Å². The number of halogens is 1. The number of hydrogen-bond acceptors (Lipinski definition) is 7. The highest BCUT2D eigenvalue weighted by Gasteiger charge is 2.41. The Morgan fingerprint density at radius 3 is 2.64 bits per heavy atom. The molecule has 2 aromatic rings. The van der Waals surface area contributed by atoms with Gasteiger partial charge in [-0.15, -0.1) is 11.8 Å². The normalized spacial score (nSPS) is 23.6. The maximum atomic E-state index is 13.7. The molecular formula is C26H30BrN5O3S. The zero-order chi connectivity index (χ0) is 25.1. The van der Waals surface area contributed by atoms with Crippen LogP contribution in [0.3, 0.4) is 0 Å². The minimum Gasteiger partial charge on any atom is -0.496 e. The van der Waals surface area contributed by atoms with Crippen molar-refractivity contribution < 1.29 is 14.3 Å². The van der Waals surface area contributed by atoms with Crippen molar-refractivity contribution in [3.8, 4) is 5.75 Å². The third kappa shape index (κ3) is 5.39. The molecule has 2 unspecified atom stereocenters. The predicted molar refractivity (Wildman–Crippen MR) is 145 cm³/mol. The number of benzene rings is 1. The van der Waals surface area contributed by atoms with E-state index < -0.39 is 0 Å². The lowest BCUT2D eigenvalue weighted by Crippen LogP contribution is -2.57. The van der Waals surface area contributed by atoms with Gasteiger partial charge in [-0.05, 0) is 58.6 Å². The number of fused-ring (bicyclic) bond motifs is 1. The van der Waals surface area contributed by atoms with Crippen LogP contribution in [-0.2, 0) is 9.59 Å². The number of rotatable bonds is 5. The van der Waals surface area contributed by atoms with Crippen LogP contribution in [0.5, 0.6) is 5.75 Å². The first-order valence-corrected chi connectivity index (χ1v) is 14.0. The molecule has 8 nitrogen and oxygen atoms in total. The molecule has 0 bridgehead atoms. The van der Waals surface area contributed by atoms with Gasteiger partial charge in [-0.1, -0.05) is 18.9 Å². The maximum absolute atomic E-state index is 13.7. The number of amides is 2. The molecule has 1 saturated carbocycles. The third-order valence-electron chi connectivity index (χ3n) is 7.06. The molecule has 2 aliphatic heterocycles. The van der Waals surface area contributed by atoms with Gasteiger partial charge in [-0.25, -0.2) is 9.97 Å². The number of aromatic nitrogens is 2. The number of carbonyl (C=O) groups excluding carboxylic acids is 2. The summed E-state index contributed by atoms with van der Waals surface area (Å²) in [5, 5.41) is 0.323. The lowest BCUT2D eigenvalue weighted by atomic mass is 9.93. The average Bonchev–Trinajstić information content (AvgIpc) is 2.91. The van der Waals surface area contributed by atoms with Gasteiger partial charge in [0.1, 0.15) is 12.3 Å². The lowest BCUT2D eigenvalue weighted by molar-refractivity contribution is -0.141. The Labute approximate surface area is 224 Å². The molecule has 1 aromatic heterocycles. The van der Waals surface area contributed by atoms with Crippen LogP contribution in [0.1, 0.15) is 31.2 Å². The van der Waals surface area contributed by atoms with Gasteiger partial charge in [0, 0.05) is 49.9 Å². The van der Waals surface area contributed by atoms with Crippen LogP contribution < -0.4 is 9.64 Å². The van der Waals surface area contributed by atoms with Gasteiger partial charge in [0.2, 0.25) is 11.9 Å². The molecule has 2 saturated heterocycles. The van der Waals surface area contributed by atoms with E-state index in [9.17, 15) is 9.59 Å². The minimum atomic E-state index is -0.0419. The standard InChI is InChI=1S/C26H30BrN5O3S/c1-35-21-8-7-18(15-19(21)27)16-23-25(34)32(20-5-2-3-6-22(20)36-23)17-24(33)30-11-13-31(14-12-30)26-28-9-4-10-29-26/h4,7-10,15-16,20,22H,2-3,5-6,11-14,17H2,1H3/b23-16+. The molecule has 190 valence electrons. The van der Waals surface area contributed by atoms with Crippen molar-refractivity contribution in [3.63, 3.8) is 0 Å². The first kappa shape index (κ1) is 25.1. The number of carbonyl (C=O) groups is 2. The average molecular weight is 573 g/mol. The van der Waals surface area contributed by atoms with Crippen LogP contribution in [-0.4, -0.2) is 82.7 Å². The summed E-state index contributed by atoms with van der Waals surface area (Å²) in [5.41, 5.74) is 0.929. The highest BCUT2D eigenvalue weighted by molar-refractivity contribution is 9.10. The molecule has 2 amide bonds. The molecule has 10 heteroatoms. The van der Waals surface area contributed by atoms with E-state index in [1.165, 1.54) is 0 Å². The number of methoxy groups -OCH3 is 1. The van der Waals surface area contributed by atoms with Crippen LogP contribution in [0.4, 0.5) is 5.95 Å². The van der Waals surface area contributed by atoms with Crippen LogP contribution in [0.15, 0.2) is 46.0 Å². The van der Waals surface area contributed by atoms with Crippen molar-refractivity contribution in [2.45, 2.75) is 37.0 Å². The van der Waals surface area contributed by atoms with Crippen molar-refractivity contribution in [2.24, 2.45) is 0 Å². The van der Waals surface area contributed by atoms with Crippen molar-refractivity contribution in [3.05, 3.63) is 51.6 Å². The first-order chi connectivity index (χ1) is 17.5. The molecule has 0 N–H and O–H groups in total. The number of anilines is 1. The Morgan fingerprint density at radius 2 is 1.92 bits per heavy atom. The molecule has 0 spiro atoms. The number of ether oxygens (including phenoxy) is 1. The first-order valence-electron chi connectivity index (χ1n) is 12.4. The second-order valence-corrected chi connectivity index (χ2v) is 11.4. The quantitative estimate of drug-likeness (QED) is 0.505. The molecule has 1 aromatic carbocycles. The van der Waals surface area contributed by atoms with Crippen molar-refractivity contribution in [1.29, 1.82) is 0 Å². The topological polar surface area (TPSA) is 78.9 Å². The maximum Gasteiger partial charge on any atom is 0.261 e. The van der Waals surface area contributed by atoms with Gasteiger partial charge in [-0.3, -0.25) is 9.59 Å². The summed E-state index contributed by atoms with van der Waals surface area (Å²) >= 11 is 5.21. The van der Waals surface area contributed by atoms with Crippen LogP contribution in [0.25, 0.3) is 6.08 Å². The highest BCUT2D eigenvalue weighted by atomic mass is 79.9. The molecule has 0 radical (unpaired) electrons. The Kier molecular flexibility index (Phi) is 7.81. The number of piperazine rings is 1. The zero-order valence-electron chi connectivity index (χ0n) is 20.3. The van der Waals surface area contributed by atoms with E-state index in [2.05, 4.69) is 30.8 Å². The smallest absolute Gasteiger partial charge is 0.261 e. The zero-order valence-corrected chi connectivity index (χ0v) is 22.7. The van der Waals surface area contributed by atoms with E-state index in [0.717, 1.165) is 41.5 Å². The molecular weight excluding hydrogens is 542 g/mol. The highest BCUT2D eigenvalue weighted by Crippen LogP contribution is 2.42. The molecule has 1 aliphatic carbocycles. The number of thioether (sulfide) groups is 1. The Bertz CT molecular complexity index is 1140. The molecule has 36 heavy (non-hydrogen) atoms. The fraction of sp³-hybridized carbons (Fsp3) is 0.462. The van der Waals surface area contributed by atoms with Crippen LogP contribution in [0, 0.1) is 0 Å². The second-order valence-electron chi connectivity index (χ2n) is 9.26. The Balaban J connectivity index is 1.29. The summed E-state index contributed by atoms with van der Waals surface area (Å²) in [5.74, 6) is 1.41. The fourth-order valence-corrected chi connectivity index (χ4v) is 7.17. The van der Waals surface area contributed by atoms with Gasteiger partial charge in [-0.2, -0.15) is 0 Å². The monoisotopic (exact) mass is 571 g/mol. The SMILES string of the molecule is COc1ccc(/C=C2/SC3CCCCC3N(CC(=O)N3CCN(c4ncccn4)CC3)C2=O)cc1Br. The summed E-state index contributed by atoms with van der Waals surface area (Å²) in [4.78, 5) is 42.2. The van der Waals surface area contributed by atoms with E-state index in [0.29, 0.717) is 42.3 Å².